The maximum atomic E-state index is 13.3. The Hall–Kier alpha value is -1.21. The van der Waals surface area contributed by atoms with Crippen molar-refractivity contribution in [3.8, 4) is 0 Å². The monoisotopic (exact) mass is 372 g/mol. The predicted octanol–water partition coefficient (Wildman–Crippen LogP) is 5.43. The summed E-state index contributed by atoms with van der Waals surface area (Å²) in [6, 6.07) is 0. The molecule has 0 aromatic rings. The van der Waals surface area contributed by atoms with E-state index in [-0.39, 0.29) is 43.6 Å². The Balaban J connectivity index is 2.14. The number of hydrogen-bond donors (Lipinski definition) is 0. The highest BCUT2D eigenvalue weighted by Gasteiger charge is 2.71. The highest BCUT2D eigenvalue weighted by molar-refractivity contribution is 5.87. The molecule has 0 aromatic heterocycles. The van der Waals surface area contributed by atoms with E-state index in [9.17, 15) is 31.1 Å². The molecule has 0 aliphatic heterocycles. The Labute approximate surface area is 142 Å². The molecule has 25 heavy (non-hydrogen) atoms. The van der Waals surface area contributed by atoms with Gasteiger partial charge in [-0.25, -0.2) is 4.79 Å². The lowest BCUT2D eigenvalue weighted by Crippen LogP contribution is -2.54. The molecule has 8 heteroatoms. The first kappa shape index (κ1) is 20.1. The molecular weight excluding hydrogens is 350 g/mol. The largest absolute Gasteiger partial charge is 0.459 e. The lowest BCUT2D eigenvalue weighted by Gasteiger charge is -2.45. The zero-order valence-corrected chi connectivity index (χ0v) is 14.1. The van der Waals surface area contributed by atoms with Crippen molar-refractivity contribution in [3.05, 3.63) is 12.2 Å². The van der Waals surface area contributed by atoms with E-state index in [4.69, 9.17) is 4.74 Å². The molecule has 4 unspecified atom stereocenters. The quantitative estimate of drug-likeness (QED) is 0.375. The molecule has 0 radical (unpaired) electrons. The molecule has 2 fully saturated rings. The summed E-state index contributed by atoms with van der Waals surface area (Å²) >= 11 is 0. The van der Waals surface area contributed by atoms with Gasteiger partial charge in [0.1, 0.15) is 6.10 Å². The van der Waals surface area contributed by atoms with E-state index >= 15 is 0 Å². The predicted molar refractivity (Wildman–Crippen MR) is 78.5 cm³/mol. The smallest absolute Gasteiger partial charge is 0.403 e. The van der Waals surface area contributed by atoms with Crippen LogP contribution in [0, 0.1) is 23.2 Å². The third-order valence-electron chi connectivity index (χ3n) is 5.94. The zero-order valence-electron chi connectivity index (χ0n) is 14.1. The summed E-state index contributed by atoms with van der Waals surface area (Å²) in [5, 5.41) is 0. The Morgan fingerprint density at radius 1 is 1.00 bits per heavy atom. The second-order valence-electron chi connectivity index (χ2n) is 7.43. The van der Waals surface area contributed by atoms with Crippen LogP contribution >= 0.6 is 0 Å². The molecule has 0 N–H and O–H groups in total. The third kappa shape index (κ3) is 3.53. The van der Waals surface area contributed by atoms with Crippen molar-refractivity contribution in [3.63, 3.8) is 0 Å². The van der Waals surface area contributed by atoms with Crippen LogP contribution < -0.4 is 0 Å². The summed E-state index contributed by atoms with van der Waals surface area (Å²) in [4.78, 5) is 11.6. The number of fused-ring (bicyclic) bond motifs is 1. The minimum atomic E-state index is -5.35. The first-order valence-electron chi connectivity index (χ1n) is 8.29. The van der Waals surface area contributed by atoms with Gasteiger partial charge in [-0.1, -0.05) is 6.58 Å². The molecule has 2 saturated carbocycles. The molecule has 0 heterocycles. The van der Waals surface area contributed by atoms with Crippen molar-refractivity contribution in [2.75, 3.05) is 0 Å². The summed E-state index contributed by atoms with van der Waals surface area (Å²) in [6.45, 7) is 5.23. The molecule has 0 spiro atoms. The lowest BCUT2D eigenvalue weighted by atomic mass is 9.64. The summed E-state index contributed by atoms with van der Waals surface area (Å²) in [6.07, 6.45) is -10.3. The number of rotatable bonds is 3. The molecule has 144 valence electrons. The van der Waals surface area contributed by atoms with Gasteiger partial charge in [-0.15, -0.1) is 0 Å². The molecular formula is C17H22F6O2. The van der Waals surface area contributed by atoms with Gasteiger partial charge in [-0.3, -0.25) is 0 Å². The number of esters is 1. The average molecular weight is 372 g/mol. The summed E-state index contributed by atoms with van der Waals surface area (Å²) in [5.74, 6) is -2.54. The zero-order chi connectivity index (χ0) is 19.2. The molecule has 0 bridgehead atoms. The van der Waals surface area contributed by atoms with E-state index in [2.05, 4.69) is 6.58 Å². The molecule has 0 amide bonds. The Kier molecular flexibility index (Phi) is 5.23. The van der Waals surface area contributed by atoms with Gasteiger partial charge in [0.15, 0.2) is 5.41 Å². The van der Waals surface area contributed by atoms with Gasteiger partial charge in [0.25, 0.3) is 0 Å². The second-order valence-corrected chi connectivity index (χ2v) is 7.43. The van der Waals surface area contributed by atoms with Crippen LogP contribution in [0.2, 0.25) is 0 Å². The van der Waals surface area contributed by atoms with Crippen LogP contribution in [0.3, 0.4) is 0 Å². The fraction of sp³-hybridized carbons (Fsp3) is 0.824. The van der Waals surface area contributed by atoms with Gasteiger partial charge >= 0.3 is 18.3 Å². The average Bonchev–Trinajstić information content (AvgIpc) is 2.86. The minimum Gasteiger partial charge on any atom is -0.459 e. The fourth-order valence-electron chi connectivity index (χ4n) is 4.23. The Morgan fingerprint density at radius 3 is 2.04 bits per heavy atom. The first-order valence-corrected chi connectivity index (χ1v) is 8.29. The fourth-order valence-corrected chi connectivity index (χ4v) is 4.23. The number of carbonyl (C=O) groups excluding carboxylic acids is 1. The number of halogens is 6. The highest BCUT2D eigenvalue weighted by Crippen LogP contribution is 2.60. The van der Waals surface area contributed by atoms with Crippen molar-refractivity contribution >= 4 is 5.97 Å². The van der Waals surface area contributed by atoms with Crippen LogP contribution in [0.25, 0.3) is 0 Å². The second kappa shape index (κ2) is 6.50. The van der Waals surface area contributed by atoms with Crippen molar-refractivity contribution in [2.45, 2.75) is 64.4 Å². The van der Waals surface area contributed by atoms with Crippen molar-refractivity contribution < 1.29 is 35.9 Å². The van der Waals surface area contributed by atoms with Gasteiger partial charge < -0.3 is 4.74 Å². The third-order valence-corrected chi connectivity index (χ3v) is 5.94. The maximum Gasteiger partial charge on any atom is 0.403 e. The van der Waals surface area contributed by atoms with Crippen LogP contribution in [-0.4, -0.2) is 24.4 Å². The summed E-state index contributed by atoms with van der Waals surface area (Å²) in [7, 11) is 0. The van der Waals surface area contributed by atoms with E-state index in [1.165, 1.54) is 6.92 Å². The Morgan fingerprint density at radius 2 is 1.56 bits per heavy atom. The minimum absolute atomic E-state index is 0.151. The maximum absolute atomic E-state index is 13.3. The molecule has 2 rings (SSSR count). The topological polar surface area (TPSA) is 26.3 Å². The summed E-state index contributed by atoms with van der Waals surface area (Å²) in [5.41, 5.74) is -3.49. The van der Waals surface area contributed by atoms with Crippen LogP contribution in [-0.2, 0) is 9.53 Å². The van der Waals surface area contributed by atoms with Crippen LogP contribution in [0.15, 0.2) is 12.2 Å². The van der Waals surface area contributed by atoms with Crippen molar-refractivity contribution in [1.82, 2.24) is 0 Å². The lowest BCUT2D eigenvalue weighted by molar-refractivity contribution is -0.355. The van der Waals surface area contributed by atoms with Gasteiger partial charge in [0, 0.05) is 5.57 Å². The Bertz CT molecular complexity index is 522. The molecule has 2 aliphatic carbocycles. The standard InChI is InChI=1S/C17H22F6O2/c1-9(2)14(24)25-13-7-4-10-8-11(5-6-12(10)13)15(3,16(18,19)20)17(21,22)23/h10-13H,1,4-8H2,2-3H3. The van der Waals surface area contributed by atoms with E-state index in [1.807, 2.05) is 0 Å². The van der Waals surface area contributed by atoms with E-state index in [0.717, 1.165) is 0 Å². The van der Waals surface area contributed by atoms with Crippen LogP contribution in [0.1, 0.15) is 46.0 Å². The van der Waals surface area contributed by atoms with Crippen molar-refractivity contribution in [2.24, 2.45) is 23.2 Å². The SMILES string of the molecule is C=C(C)C(=O)OC1CCC2CC(C(C)(C(F)(F)F)C(F)(F)F)CCC21. The van der Waals surface area contributed by atoms with Crippen molar-refractivity contribution in [1.29, 1.82) is 0 Å². The van der Waals surface area contributed by atoms with Crippen LogP contribution in [0.5, 0.6) is 0 Å². The van der Waals surface area contributed by atoms with E-state index in [0.29, 0.717) is 12.8 Å². The van der Waals surface area contributed by atoms with Gasteiger partial charge in [0.05, 0.1) is 0 Å². The number of hydrogen-bond acceptors (Lipinski definition) is 2. The van der Waals surface area contributed by atoms with Crippen LogP contribution in [0.4, 0.5) is 26.3 Å². The number of alkyl halides is 6. The van der Waals surface area contributed by atoms with Gasteiger partial charge in [0.2, 0.25) is 0 Å². The molecule has 4 atom stereocenters. The first-order chi connectivity index (χ1) is 11.3. The van der Waals surface area contributed by atoms with E-state index in [1.54, 1.807) is 0 Å². The number of ether oxygens (including phenoxy) is 1. The van der Waals surface area contributed by atoms with E-state index < -0.39 is 35.8 Å². The summed E-state index contributed by atoms with van der Waals surface area (Å²) < 4.78 is 84.9. The normalized spacial score (nSPS) is 30.7. The van der Waals surface area contributed by atoms with Gasteiger partial charge in [-0.05, 0) is 63.7 Å². The van der Waals surface area contributed by atoms with Gasteiger partial charge in [-0.2, -0.15) is 26.3 Å². The highest BCUT2D eigenvalue weighted by atomic mass is 19.4. The molecule has 2 nitrogen and oxygen atoms in total. The molecule has 2 aliphatic rings. The number of carbonyl (C=O) groups is 1. The molecule has 0 saturated heterocycles. The molecule has 0 aromatic carbocycles.